The molecule has 0 fully saturated rings. The number of carbonyl (C=O) groups is 2. The van der Waals surface area contributed by atoms with Gasteiger partial charge >= 0.3 is 0 Å². The summed E-state index contributed by atoms with van der Waals surface area (Å²) in [6, 6.07) is 5.15. The number of amides is 2. The fourth-order valence-electron chi connectivity index (χ4n) is 2.39. The molecule has 7 nitrogen and oxygen atoms in total. The van der Waals surface area contributed by atoms with E-state index in [0.717, 1.165) is 11.3 Å². The van der Waals surface area contributed by atoms with Crippen molar-refractivity contribution in [1.82, 2.24) is 10.6 Å². The third kappa shape index (κ3) is 4.85. The van der Waals surface area contributed by atoms with Crippen LogP contribution in [-0.2, 0) is 15.0 Å². The smallest absolute Gasteiger partial charge is 0.239 e. The second kappa shape index (κ2) is 7.74. The molecule has 1 aromatic carbocycles. The van der Waals surface area contributed by atoms with Gasteiger partial charge in [-0.1, -0.05) is 33.8 Å². The number of rotatable bonds is 7. The summed E-state index contributed by atoms with van der Waals surface area (Å²) < 4.78 is 10.7. The van der Waals surface area contributed by atoms with E-state index in [1.807, 2.05) is 45.9 Å². The van der Waals surface area contributed by atoms with E-state index >= 15 is 0 Å². The van der Waals surface area contributed by atoms with Crippen LogP contribution >= 0.6 is 0 Å². The van der Waals surface area contributed by atoms with Gasteiger partial charge in [0.1, 0.15) is 0 Å². The van der Waals surface area contributed by atoms with Gasteiger partial charge in [-0.3, -0.25) is 9.59 Å². The third-order valence-corrected chi connectivity index (χ3v) is 4.33. The molecule has 0 saturated heterocycles. The van der Waals surface area contributed by atoms with Gasteiger partial charge in [-0.25, -0.2) is 0 Å². The summed E-state index contributed by atoms with van der Waals surface area (Å²) in [6.45, 7) is 8.34. The molecule has 1 heterocycles. The topological polar surface area (TPSA) is 103 Å². The molecule has 0 aliphatic carbocycles. The lowest BCUT2D eigenvalue weighted by Gasteiger charge is -2.26. The molecule has 1 aromatic rings. The van der Waals surface area contributed by atoms with Crippen LogP contribution in [0.5, 0.6) is 11.5 Å². The minimum atomic E-state index is -0.613. The van der Waals surface area contributed by atoms with Gasteiger partial charge < -0.3 is 25.8 Å². The SMILES string of the molecule is CC(C)[C@H](N)C(=O)NCC(=O)NCC(C)(C)c1ccc2c(c1)OCO2. The van der Waals surface area contributed by atoms with Crippen LogP contribution in [0.2, 0.25) is 0 Å². The maximum absolute atomic E-state index is 12.0. The van der Waals surface area contributed by atoms with Gasteiger partial charge in [0, 0.05) is 12.0 Å². The molecule has 0 aromatic heterocycles. The van der Waals surface area contributed by atoms with E-state index in [4.69, 9.17) is 15.2 Å². The Morgan fingerprint density at radius 1 is 1.20 bits per heavy atom. The van der Waals surface area contributed by atoms with Crippen molar-refractivity contribution >= 4 is 11.8 Å². The molecular formula is C18H27N3O4. The molecule has 0 radical (unpaired) electrons. The molecule has 25 heavy (non-hydrogen) atoms. The highest BCUT2D eigenvalue weighted by Gasteiger charge is 2.25. The maximum Gasteiger partial charge on any atom is 0.239 e. The molecule has 2 rings (SSSR count). The van der Waals surface area contributed by atoms with Crippen LogP contribution in [0.1, 0.15) is 33.3 Å². The Kier molecular flexibility index (Phi) is 5.89. The zero-order valence-electron chi connectivity index (χ0n) is 15.2. The molecule has 0 spiro atoms. The highest BCUT2D eigenvalue weighted by molar-refractivity contribution is 5.87. The van der Waals surface area contributed by atoms with Gasteiger partial charge in [-0.15, -0.1) is 0 Å². The first kappa shape index (κ1) is 19.1. The second-order valence-electron chi connectivity index (χ2n) is 7.22. The monoisotopic (exact) mass is 349 g/mol. The van der Waals surface area contributed by atoms with Crippen molar-refractivity contribution in [3.05, 3.63) is 23.8 Å². The van der Waals surface area contributed by atoms with E-state index in [0.29, 0.717) is 12.3 Å². The highest BCUT2D eigenvalue weighted by atomic mass is 16.7. The zero-order valence-corrected chi connectivity index (χ0v) is 15.2. The molecule has 0 bridgehead atoms. The Morgan fingerprint density at radius 3 is 2.56 bits per heavy atom. The fourth-order valence-corrected chi connectivity index (χ4v) is 2.39. The van der Waals surface area contributed by atoms with Crippen molar-refractivity contribution in [1.29, 1.82) is 0 Å². The number of nitrogens with two attached hydrogens (primary N) is 1. The van der Waals surface area contributed by atoms with Gasteiger partial charge in [0.25, 0.3) is 0 Å². The lowest BCUT2D eigenvalue weighted by molar-refractivity contribution is -0.127. The first-order chi connectivity index (χ1) is 11.7. The molecule has 0 unspecified atom stereocenters. The molecule has 0 saturated carbocycles. The summed E-state index contributed by atoms with van der Waals surface area (Å²) in [6.07, 6.45) is 0. The standard InChI is InChI=1S/C18H27N3O4/c1-11(2)16(19)17(23)20-8-15(22)21-9-18(3,4)12-5-6-13-14(7-12)25-10-24-13/h5-7,11,16H,8-10,19H2,1-4H3,(H,20,23)(H,21,22)/t16-/m0/s1. The van der Waals surface area contributed by atoms with Crippen LogP contribution in [0.4, 0.5) is 0 Å². The summed E-state index contributed by atoms with van der Waals surface area (Å²) in [7, 11) is 0. The lowest BCUT2D eigenvalue weighted by atomic mass is 9.84. The number of benzene rings is 1. The van der Waals surface area contributed by atoms with Crippen LogP contribution in [0.15, 0.2) is 18.2 Å². The number of fused-ring (bicyclic) bond motifs is 1. The Labute approximate surface area is 148 Å². The summed E-state index contributed by atoms with van der Waals surface area (Å²) in [4.78, 5) is 23.8. The number of ether oxygens (including phenoxy) is 2. The van der Waals surface area contributed by atoms with Crippen molar-refractivity contribution < 1.29 is 19.1 Å². The first-order valence-corrected chi connectivity index (χ1v) is 8.41. The number of hydrogen-bond donors (Lipinski definition) is 3. The Balaban J connectivity index is 1.85. The zero-order chi connectivity index (χ0) is 18.6. The average molecular weight is 349 g/mol. The van der Waals surface area contributed by atoms with Gasteiger partial charge in [0.2, 0.25) is 18.6 Å². The fraction of sp³-hybridized carbons (Fsp3) is 0.556. The van der Waals surface area contributed by atoms with Gasteiger partial charge in [0.05, 0.1) is 12.6 Å². The molecule has 138 valence electrons. The maximum atomic E-state index is 12.0. The normalized spacial score (nSPS) is 14.3. The van der Waals surface area contributed by atoms with E-state index in [1.165, 1.54) is 0 Å². The third-order valence-electron chi connectivity index (χ3n) is 4.33. The van der Waals surface area contributed by atoms with E-state index in [9.17, 15) is 9.59 Å². The predicted octanol–water partition coefficient (Wildman–Crippen LogP) is 0.909. The molecule has 1 atom stereocenters. The number of carbonyl (C=O) groups excluding carboxylic acids is 2. The van der Waals surface area contributed by atoms with Gasteiger partial charge in [-0.05, 0) is 23.6 Å². The summed E-state index contributed by atoms with van der Waals surface area (Å²) in [5, 5.41) is 5.41. The van der Waals surface area contributed by atoms with Crippen LogP contribution in [0.25, 0.3) is 0 Å². The van der Waals surface area contributed by atoms with Crippen LogP contribution in [-0.4, -0.2) is 37.7 Å². The summed E-state index contributed by atoms with van der Waals surface area (Å²) in [5.74, 6) is 0.894. The lowest BCUT2D eigenvalue weighted by Crippen LogP contribution is -2.48. The average Bonchev–Trinajstić information content (AvgIpc) is 3.04. The van der Waals surface area contributed by atoms with Gasteiger partial charge in [-0.2, -0.15) is 0 Å². The van der Waals surface area contributed by atoms with E-state index in [-0.39, 0.29) is 36.5 Å². The second-order valence-corrected chi connectivity index (χ2v) is 7.22. The van der Waals surface area contributed by atoms with Crippen molar-refractivity contribution in [3.8, 4) is 11.5 Å². The first-order valence-electron chi connectivity index (χ1n) is 8.41. The molecule has 4 N–H and O–H groups in total. The minimum absolute atomic E-state index is 0.0213. The van der Waals surface area contributed by atoms with Crippen molar-refractivity contribution in [3.63, 3.8) is 0 Å². The minimum Gasteiger partial charge on any atom is -0.454 e. The summed E-state index contributed by atoms with van der Waals surface area (Å²) in [5.41, 5.74) is 6.48. The van der Waals surface area contributed by atoms with E-state index in [1.54, 1.807) is 0 Å². The predicted molar refractivity (Wildman–Crippen MR) is 94.4 cm³/mol. The van der Waals surface area contributed by atoms with E-state index < -0.39 is 6.04 Å². The molecule has 7 heteroatoms. The number of nitrogens with one attached hydrogen (secondary N) is 2. The Hall–Kier alpha value is -2.28. The largest absolute Gasteiger partial charge is 0.454 e. The van der Waals surface area contributed by atoms with Crippen molar-refractivity contribution in [2.45, 2.75) is 39.2 Å². The molecule has 1 aliphatic heterocycles. The molecule has 1 aliphatic rings. The Bertz CT molecular complexity index is 643. The Morgan fingerprint density at radius 2 is 1.88 bits per heavy atom. The van der Waals surface area contributed by atoms with Crippen molar-refractivity contribution in [2.24, 2.45) is 11.7 Å². The van der Waals surface area contributed by atoms with Gasteiger partial charge in [0.15, 0.2) is 11.5 Å². The van der Waals surface area contributed by atoms with E-state index in [2.05, 4.69) is 10.6 Å². The van der Waals surface area contributed by atoms with Crippen molar-refractivity contribution in [2.75, 3.05) is 19.9 Å². The quantitative estimate of drug-likeness (QED) is 0.679. The highest BCUT2D eigenvalue weighted by Crippen LogP contribution is 2.36. The van der Waals surface area contributed by atoms with Crippen LogP contribution in [0.3, 0.4) is 0 Å². The number of hydrogen-bond acceptors (Lipinski definition) is 5. The molecular weight excluding hydrogens is 322 g/mol. The molecule has 2 amide bonds. The van der Waals surface area contributed by atoms with Crippen LogP contribution < -0.4 is 25.8 Å². The summed E-state index contributed by atoms with van der Waals surface area (Å²) >= 11 is 0. The van der Waals surface area contributed by atoms with Crippen LogP contribution in [0, 0.1) is 5.92 Å².